The van der Waals surface area contributed by atoms with Crippen LogP contribution in [0.2, 0.25) is 0 Å². The molecule has 0 bridgehead atoms. The number of rotatable bonds is 5. The molecule has 0 radical (unpaired) electrons. The second-order valence-electron chi connectivity index (χ2n) is 6.07. The number of amides is 2. The molecular weight excluding hydrogens is 304 g/mol. The molecule has 0 saturated heterocycles. The fraction of sp³-hybridized carbons (Fsp3) is 0.368. The van der Waals surface area contributed by atoms with Gasteiger partial charge in [-0.1, -0.05) is 18.2 Å². The molecule has 24 heavy (non-hydrogen) atoms. The molecule has 0 unspecified atom stereocenters. The van der Waals surface area contributed by atoms with Crippen LogP contribution in [0.1, 0.15) is 40.9 Å². The van der Waals surface area contributed by atoms with Crippen LogP contribution in [-0.4, -0.2) is 24.9 Å². The van der Waals surface area contributed by atoms with E-state index in [0.29, 0.717) is 25.1 Å². The van der Waals surface area contributed by atoms with Gasteiger partial charge in [0, 0.05) is 25.2 Å². The molecule has 5 heteroatoms. The first-order chi connectivity index (χ1) is 11.7. The van der Waals surface area contributed by atoms with Gasteiger partial charge in [-0.3, -0.25) is 9.59 Å². The molecule has 1 aromatic heterocycles. The Morgan fingerprint density at radius 1 is 1.25 bits per heavy atom. The van der Waals surface area contributed by atoms with Crippen molar-refractivity contribution >= 4 is 17.5 Å². The second-order valence-corrected chi connectivity index (χ2v) is 6.07. The van der Waals surface area contributed by atoms with Gasteiger partial charge in [0.05, 0.1) is 6.26 Å². The van der Waals surface area contributed by atoms with Crippen molar-refractivity contribution in [2.45, 2.75) is 32.6 Å². The molecule has 1 N–H and O–H groups in total. The van der Waals surface area contributed by atoms with Crippen LogP contribution in [0, 0.1) is 6.92 Å². The maximum Gasteiger partial charge on any atom is 0.286 e. The number of nitrogens with zero attached hydrogens (tertiary/aromatic N) is 1. The normalized spacial score (nSPS) is 13.5. The second kappa shape index (κ2) is 7.34. The summed E-state index contributed by atoms with van der Waals surface area (Å²) in [6.07, 6.45) is 4.53. The third-order valence-corrected chi connectivity index (χ3v) is 4.32. The summed E-state index contributed by atoms with van der Waals surface area (Å²) in [7, 11) is 0. The van der Waals surface area contributed by atoms with E-state index in [1.807, 2.05) is 24.0 Å². The van der Waals surface area contributed by atoms with Crippen LogP contribution in [-0.2, 0) is 11.2 Å². The molecule has 5 nitrogen and oxygen atoms in total. The maximum atomic E-state index is 12.6. The van der Waals surface area contributed by atoms with E-state index in [4.69, 9.17) is 4.42 Å². The minimum atomic E-state index is -0.244. The van der Waals surface area contributed by atoms with Gasteiger partial charge in [0.15, 0.2) is 5.76 Å². The fourth-order valence-electron chi connectivity index (χ4n) is 3.17. The van der Waals surface area contributed by atoms with Gasteiger partial charge in [0.2, 0.25) is 5.91 Å². The third kappa shape index (κ3) is 3.50. The van der Waals surface area contributed by atoms with Gasteiger partial charge < -0.3 is 14.6 Å². The Balaban J connectivity index is 1.52. The lowest BCUT2D eigenvalue weighted by Crippen LogP contribution is -2.36. The van der Waals surface area contributed by atoms with Crippen molar-refractivity contribution in [2.75, 3.05) is 18.0 Å². The summed E-state index contributed by atoms with van der Waals surface area (Å²) in [5.74, 6) is 0.172. The lowest BCUT2D eigenvalue weighted by molar-refractivity contribution is -0.118. The maximum absolute atomic E-state index is 12.6. The van der Waals surface area contributed by atoms with Gasteiger partial charge in [0.25, 0.3) is 5.91 Å². The monoisotopic (exact) mass is 326 g/mol. The standard InChI is InChI=1S/C19H22N2O3/c1-14-6-2-7-15-8-4-12-21(18(14)15)17(22)10-3-11-20-19(23)16-9-5-13-24-16/h2,5-7,9,13H,3-4,8,10-12H2,1H3,(H,20,23). The van der Waals surface area contributed by atoms with Gasteiger partial charge in [-0.25, -0.2) is 0 Å². The smallest absolute Gasteiger partial charge is 0.286 e. The topological polar surface area (TPSA) is 62.6 Å². The van der Waals surface area contributed by atoms with Crippen molar-refractivity contribution < 1.29 is 14.0 Å². The predicted molar refractivity (Wildman–Crippen MR) is 92.1 cm³/mol. The van der Waals surface area contributed by atoms with E-state index in [9.17, 15) is 9.59 Å². The van der Waals surface area contributed by atoms with E-state index in [1.165, 1.54) is 11.8 Å². The molecule has 2 aromatic rings. The van der Waals surface area contributed by atoms with Crippen LogP contribution in [0.25, 0.3) is 0 Å². The number of benzene rings is 1. The van der Waals surface area contributed by atoms with Gasteiger partial charge in [0.1, 0.15) is 0 Å². The van der Waals surface area contributed by atoms with Crippen molar-refractivity contribution in [3.63, 3.8) is 0 Å². The number of para-hydroxylation sites is 1. The number of carbonyl (C=O) groups excluding carboxylic acids is 2. The lowest BCUT2D eigenvalue weighted by Gasteiger charge is -2.31. The Hall–Kier alpha value is -2.56. The van der Waals surface area contributed by atoms with Crippen molar-refractivity contribution in [1.29, 1.82) is 0 Å². The summed E-state index contributed by atoms with van der Waals surface area (Å²) in [5.41, 5.74) is 3.47. The van der Waals surface area contributed by atoms with Crippen molar-refractivity contribution in [3.8, 4) is 0 Å². The largest absolute Gasteiger partial charge is 0.459 e. The molecule has 2 heterocycles. The van der Waals surface area contributed by atoms with E-state index in [1.54, 1.807) is 12.1 Å². The van der Waals surface area contributed by atoms with Gasteiger partial charge in [-0.15, -0.1) is 0 Å². The third-order valence-electron chi connectivity index (χ3n) is 4.32. The molecule has 0 fully saturated rings. The number of hydrogen-bond donors (Lipinski definition) is 1. The molecule has 1 aliphatic heterocycles. The number of carbonyl (C=O) groups is 2. The molecule has 3 rings (SSSR count). The SMILES string of the molecule is Cc1cccc2c1N(C(=O)CCCNC(=O)c1ccco1)CCC2. The summed E-state index contributed by atoms with van der Waals surface area (Å²) in [4.78, 5) is 26.2. The molecule has 0 spiro atoms. The molecular formula is C19H22N2O3. The average Bonchev–Trinajstić information content (AvgIpc) is 3.13. The Morgan fingerprint density at radius 2 is 2.12 bits per heavy atom. The van der Waals surface area contributed by atoms with Crippen molar-refractivity contribution in [1.82, 2.24) is 5.32 Å². The van der Waals surface area contributed by atoms with Crippen LogP contribution < -0.4 is 10.2 Å². The predicted octanol–water partition coefficient (Wildman–Crippen LogP) is 3.08. The van der Waals surface area contributed by atoms with Gasteiger partial charge in [-0.05, 0) is 49.4 Å². The average molecular weight is 326 g/mol. The number of anilines is 1. The first kappa shape index (κ1) is 16.3. The quantitative estimate of drug-likeness (QED) is 0.859. The molecule has 1 aliphatic rings. The minimum Gasteiger partial charge on any atom is -0.459 e. The molecule has 2 amide bonds. The van der Waals surface area contributed by atoms with Crippen LogP contribution in [0.5, 0.6) is 0 Å². The zero-order valence-corrected chi connectivity index (χ0v) is 13.9. The van der Waals surface area contributed by atoms with E-state index in [2.05, 4.69) is 11.4 Å². The highest BCUT2D eigenvalue weighted by Gasteiger charge is 2.23. The number of hydrogen-bond acceptors (Lipinski definition) is 3. The molecule has 0 aliphatic carbocycles. The summed E-state index contributed by atoms with van der Waals surface area (Å²) in [5, 5.41) is 2.77. The van der Waals surface area contributed by atoms with Gasteiger partial charge >= 0.3 is 0 Å². The number of furan rings is 1. The van der Waals surface area contributed by atoms with E-state index in [-0.39, 0.29) is 11.8 Å². The lowest BCUT2D eigenvalue weighted by atomic mass is 9.98. The van der Waals surface area contributed by atoms with Crippen LogP contribution in [0.15, 0.2) is 41.0 Å². The molecule has 1 aromatic carbocycles. The number of fused-ring (bicyclic) bond motifs is 1. The molecule has 126 valence electrons. The summed E-state index contributed by atoms with van der Waals surface area (Å²) in [6.45, 7) is 3.28. The van der Waals surface area contributed by atoms with Crippen LogP contribution in [0.4, 0.5) is 5.69 Å². The van der Waals surface area contributed by atoms with E-state index >= 15 is 0 Å². The zero-order valence-electron chi connectivity index (χ0n) is 13.9. The van der Waals surface area contributed by atoms with Crippen LogP contribution >= 0.6 is 0 Å². The highest BCUT2D eigenvalue weighted by molar-refractivity contribution is 5.95. The highest BCUT2D eigenvalue weighted by atomic mass is 16.3. The van der Waals surface area contributed by atoms with E-state index in [0.717, 1.165) is 30.6 Å². The highest BCUT2D eigenvalue weighted by Crippen LogP contribution is 2.30. The van der Waals surface area contributed by atoms with E-state index < -0.39 is 0 Å². The molecule has 0 saturated carbocycles. The Kier molecular flexibility index (Phi) is 4.99. The van der Waals surface area contributed by atoms with Crippen LogP contribution in [0.3, 0.4) is 0 Å². The summed E-state index contributed by atoms with van der Waals surface area (Å²) in [6, 6.07) is 9.49. The Morgan fingerprint density at radius 3 is 2.92 bits per heavy atom. The van der Waals surface area contributed by atoms with Crippen molar-refractivity contribution in [2.24, 2.45) is 0 Å². The zero-order chi connectivity index (χ0) is 16.9. The first-order valence-electron chi connectivity index (χ1n) is 8.37. The Labute approximate surface area is 141 Å². The molecule has 0 atom stereocenters. The number of aryl methyl sites for hydroxylation is 2. The fourth-order valence-corrected chi connectivity index (χ4v) is 3.17. The summed E-state index contributed by atoms with van der Waals surface area (Å²) < 4.78 is 5.03. The minimum absolute atomic E-state index is 0.123. The van der Waals surface area contributed by atoms with Gasteiger partial charge in [-0.2, -0.15) is 0 Å². The van der Waals surface area contributed by atoms with Crippen molar-refractivity contribution in [3.05, 3.63) is 53.5 Å². The first-order valence-corrected chi connectivity index (χ1v) is 8.37. The summed E-state index contributed by atoms with van der Waals surface area (Å²) >= 11 is 0. The number of nitrogens with one attached hydrogen (secondary N) is 1. The Bertz CT molecular complexity index is 722.